The SMILES string of the molecule is FB(F)c1c(F)c2c3nsnc3[c-]c(F)c2c2nsnc12.[K+]. The largest absolute Gasteiger partial charge is 1.00 e. The zero-order valence-corrected chi connectivity index (χ0v) is 15.5. The topological polar surface area (TPSA) is 51.6 Å². The van der Waals surface area contributed by atoms with E-state index in [-0.39, 0.29) is 84.2 Å². The molecule has 0 saturated carbocycles. The summed E-state index contributed by atoms with van der Waals surface area (Å²) in [5.74, 6) is -2.16. The predicted octanol–water partition coefficient (Wildman–Crippen LogP) is -0.434. The van der Waals surface area contributed by atoms with Gasteiger partial charge >= 0.3 is 58.7 Å². The minimum absolute atomic E-state index is 0. The van der Waals surface area contributed by atoms with Crippen LogP contribution in [0.15, 0.2) is 0 Å². The Morgan fingerprint density at radius 3 is 2.23 bits per heavy atom. The zero-order chi connectivity index (χ0) is 14.7. The minimum atomic E-state index is -3.10. The van der Waals surface area contributed by atoms with Crippen LogP contribution in [0.1, 0.15) is 0 Å². The summed E-state index contributed by atoms with van der Waals surface area (Å²) in [5, 5.41) is -0.605. The summed E-state index contributed by atoms with van der Waals surface area (Å²) in [6.07, 6.45) is 0. The van der Waals surface area contributed by atoms with Crippen molar-refractivity contribution < 1.29 is 68.8 Å². The van der Waals surface area contributed by atoms with Gasteiger partial charge in [0.15, 0.2) is 0 Å². The van der Waals surface area contributed by atoms with Crippen LogP contribution in [0, 0.1) is 17.7 Å². The van der Waals surface area contributed by atoms with Gasteiger partial charge in [0.2, 0.25) is 0 Å². The van der Waals surface area contributed by atoms with Crippen molar-refractivity contribution in [3.8, 4) is 0 Å². The van der Waals surface area contributed by atoms with Crippen molar-refractivity contribution in [2.24, 2.45) is 0 Å². The fraction of sp³-hybridized carbons (Fsp3) is 0. The molecule has 2 heterocycles. The quantitative estimate of drug-likeness (QED) is 0.261. The van der Waals surface area contributed by atoms with E-state index in [2.05, 4.69) is 23.6 Å². The standard InChI is InChI=1S/C10BF4N4S2.K/c12-2-1-3-8(17-20-16-3)5-4(2)9-10(19-21-18-9)6(7(5)13)11(14)15;/q-1;+1. The molecule has 0 fully saturated rings. The molecule has 0 unspecified atom stereocenters. The zero-order valence-electron chi connectivity index (χ0n) is 10.7. The predicted molar refractivity (Wildman–Crippen MR) is 72.2 cm³/mol. The third-order valence-corrected chi connectivity index (χ3v) is 4.13. The van der Waals surface area contributed by atoms with E-state index < -0.39 is 24.4 Å². The van der Waals surface area contributed by atoms with Crippen LogP contribution in [-0.2, 0) is 0 Å². The molecule has 104 valence electrons. The Bertz CT molecular complexity index is 1020. The summed E-state index contributed by atoms with van der Waals surface area (Å²) in [7, 11) is -3.10. The van der Waals surface area contributed by atoms with E-state index in [0.717, 1.165) is 11.7 Å². The van der Waals surface area contributed by atoms with Crippen molar-refractivity contribution >= 4 is 69.0 Å². The number of nitrogens with zero attached hydrogens (tertiary/aromatic N) is 4. The van der Waals surface area contributed by atoms with Gasteiger partial charge < -0.3 is 0 Å². The number of fused-ring (bicyclic) bond motifs is 5. The second-order valence-electron chi connectivity index (χ2n) is 4.14. The van der Waals surface area contributed by atoms with Crippen LogP contribution in [0.2, 0.25) is 0 Å². The van der Waals surface area contributed by atoms with Gasteiger partial charge in [-0.2, -0.15) is 8.75 Å². The molecule has 4 rings (SSSR count). The molecule has 0 atom stereocenters. The Labute approximate surface area is 171 Å². The number of aromatic nitrogens is 4. The maximum absolute atomic E-state index is 14.5. The maximum atomic E-state index is 14.5. The number of benzene rings is 2. The van der Waals surface area contributed by atoms with Crippen LogP contribution >= 0.6 is 23.5 Å². The molecule has 0 aliphatic carbocycles. The summed E-state index contributed by atoms with van der Waals surface area (Å²) in [4.78, 5) is 0. The third kappa shape index (κ3) is 2.24. The van der Waals surface area contributed by atoms with Crippen molar-refractivity contribution in [3.63, 3.8) is 0 Å². The van der Waals surface area contributed by atoms with Gasteiger partial charge in [-0.3, -0.25) is 8.63 Å². The normalized spacial score (nSPS) is 11.3. The molecule has 0 saturated heterocycles. The molecule has 0 aliphatic rings. The van der Waals surface area contributed by atoms with E-state index in [4.69, 9.17) is 0 Å². The molecule has 4 aromatic rings. The van der Waals surface area contributed by atoms with Gasteiger partial charge in [0.05, 0.1) is 40.0 Å². The van der Waals surface area contributed by atoms with Crippen molar-refractivity contribution in [1.82, 2.24) is 17.5 Å². The molecular formula is C10BF4KN4S2. The van der Waals surface area contributed by atoms with Gasteiger partial charge in [-0.15, -0.1) is 6.07 Å². The number of hydrogen-bond acceptors (Lipinski definition) is 6. The van der Waals surface area contributed by atoms with Gasteiger partial charge in [0, 0.05) is 11.3 Å². The van der Waals surface area contributed by atoms with Crippen molar-refractivity contribution in [3.05, 3.63) is 17.7 Å². The first-order valence-corrected chi connectivity index (χ1v) is 6.94. The Morgan fingerprint density at radius 2 is 1.50 bits per heavy atom. The van der Waals surface area contributed by atoms with E-state index in [1.807, 2.05) is 0 Å². The summed E-state index contributed by atoms with van der Waals surface area (Å²) in [5.41, 5.74) is -1.37. The molecule has 2 aromatic carbocycles. The maximum Gasteiger partial charge on any atom is 1.00 e. The summed E-state index contributed by atoms with van der Waals surface area (Å²) in [6.45, 7) is 0. The van der Waals surface area contributed by atoms with Gasteiger partial charge in [0.1, 0.15) is 5.82 Å². The average molecular weight is 366 g/mol. The number of rotatable bonds is 1. The van der Waals surface area contributed by atoms with E-state index in [0.29, 0.717) is 11.7 Å². The molecule has 0 bridgehead atoms. The van der Waals surface area contributed by atoms with Gasteiger partial charge in [-0.1, -0.05) is 10.8 Å². The van der Waals surface area contributed by atoms with Gasteiger partial charge in [0.25, 0.3) is 0 Å². The molecule has 12 heteroatoms. The second kappa shape index (κ2) is 6.00. The third-order valence-electron chi connectivity index (χ3n) is 3.08. The van der Waals surface area contributed by atoms with E-state index in [1.165, 1.54) is 0 Å². The average Bonchev–Trinajstić information content (AvgIpc) is 3.05. The Hall–Kier alpha value is -0.239. The number of halogens is 4. The summed E-state index contributed by atoms with van der Waals surface area (Å²) in [6, 6.07) is 2.32. The molecular weight excluding hydrogens is 366 g/mol. The molecule has 0 N–H and O–H groups in total. The van der Waals surface area contributed by atoms with Crippen molar-refractivity contribution in [1.29, 1.82) is 0 Å². The van der Waals surface area contributed by atoms with E-state index in [9.17, 15) is 17.4 Å². The fourth-order valence-corrected chi connectivity index (χ4v) is 3.31. The second-order valence-corrected chi connectivity index (χ2v) is 5.20. The van der Waals surface area contributed by atoms with Gasteiger partial charge in [-0.25, -0.2) is 17.5 Å². The van der Waals surface area contributed by atoms with Crippen LogP contribution in [0.5, 0.6) is 0 Å². The Morgan fingerprint density at radius 1 is 0.864 bits per heavy atom. The Balaban J connectivity index is 0.00000144. The smallest absolute Gasteiger partial charge is 0.281 e. The molecule has 0 radical (unpaired) electrons. The van der Waals surface area contributed by atoms with Crippen LogP contribution in [0.3, 0.4) is 0 Å². The monoisotopic (exact) mass is 366 g/mol. The van der Waals surface area contributed by atoms with Crippen LogP contribution in [0.4, 0.5) is 17.4 Å². The first kappa shape index (κ1) is 16.6. The molecule has 22 heavy (non-hydrogen) atoms. The fourth-order valence-electron chi connectivity index (χ4n) is 2.23. The molecule has 0 spiro atoms. The summed E-state index contributed by atoms with van der Waals surface area (Å²) >= 11 is 1.33. The van der Waals surface area contributed by atoms with E-state index in [1.54, 1.807) is 0 Å². The molecule has 0 aliphatic heterocycles. The van der Waals surface area contributed by atoms with Crippen LogP contribution in [-0.4, -0.2) is 24.8 Å². The summed E-state index contributed by atoms with van der Waals surface area (Å²) < 4.78 is 70.1. The first-order valence-electron chi connectivity index (χ1n) is 5.48. The Kier molecular flexibility index (Phi) is 4.53. The van der Waals surface area contributed by atoms with Crippen molar-refractivity contribution in [2.75, 3.05) is 0 Å². The van der Waals surface area contributed by atoms with Crippen LogP contribution in [0.25, 0.3) is 32.8 Å². The molecule has 4 nitrogen and oxygen atoms in total. The first-order chi connectivity index (χ1) is 10.1. The number of hydrogen-bond donors (Lipinski definition) is 0. The molecule has 2 aromatic heterocycles. The van der Waals surface area contributed by atoms with Crippen LogP contribution < -0.4 is 56.8 Å². The van der Waals surface area contributed by atoms with Gasteiger partial charge in [-0.05, 0) is 5.52 Å². The minimum Gasteiger partial charge on any atom is -0.281 e. The van der Waals surface area contributed by atoms with Crippen molar-refractivity contribution in [2.45, 2.75) is 0 Å². The van der Waals surface area contributed by atoms with E-state index >= 15 is 0 Å². The molecule has 0 amide bonds.